The fraction of sp³-hybridized carbons (Fsp3) is 0.448. The summed E-state index contributed by atoms with van der Waals surface area (Å²) in [5.41, 5.74) is 3.44. The van der Waals surface area contributed by atoms with Crippen molar-refractivity contribution >= 4 is 35.1 Å². The topological polar surface area (TPSA) is 68.4 Å². The molecule has 2 amide bonds. The third-order valence-corrected chi connectivity index (χ3v) is 7.70. The Hall–Kier alpha value is -2.83. The van der Waals surface area contributed by atoms with E-state index in [1.54, 1.807) is 0 Å². The minimum absolute atomic E-state index is 0. The van der Waals surface area contributed by atoms with Gasteiger partial charge in [0.25, 0.3) is 5.91 Å². The van der Waals surface area contributed by atoms with Crippen molar-refractivity contribution in [1.82, 2.24) is 20.1 Å². The van der Waals surface area contributed by atoms with Crippen molar-refractivity contribution in [3.63, 3.8) is 0 Å². The second kappa shape index (κ2) is 11.9. The number of fused-ring (bicyclic) bond motifs is 1. The maximum absolute atomic E-state index is 13.7. The summed E-state index contributed by atoms with van der Waals surface area (Å²) in [5.74, 6) is 0.400. The van der Waals surface area contributed by atoms with Crippen LogP contribution in [0.1, 0.15) is 59.6 Å². The van der Waals surface area contributed by atoms with Crippen LogP contribution in [0.3, 0.4) is 0 Å². The summed E-state index contributed by atoms with van der Waals surface area (Å²) in [5, 5.41) is 4.14. The number of H-pyrrole nitrogens is 1. The van der Waals surface area contributed by atoms with Crippen molar-refractivity contribution in [3.05, 3.63) is 71.4 Å². The number of amides is 2. The molecule has 192 valence electrons. The predicted octanol–water partition coefficient (Wildman–Crippen LogP) is 5.09. The molecule has 5 rings (SSSR count). The van der Waals surface area contributed by atoms with Gasteiger partial charge in [0.05, 0.1) is 0 Å². The number of benzene rings is 2. The molecule has 7 heteroatoms. The molecule has 0 aliphatic carbocycles. The van der Waals surface area contributed by atoms with E-state index in [1.165, 1.54) is 32.4 Å². The molecule has 2 aromatic carbocycles. The Morgan fingerprint density at radius 1 is 1.00 bits per heavy atom. The van der Waals surface area contributed by atoms with E-state index in [0.717, 1.165) is 54.5 Å². The molecule has 2 N–H and O–H groups in total. The Kier molecular flexibility index (Phi) is 8.70. The number of rotatable bonds is 6. The number of aromatic amines is 1. The lowest BCUT2D eigenvalue weighted by Crippen LogP contribution is -2.47. The highest BCUT2D eigenvalue weighted by molar-refractivity contribution is 6.00. The molecule has 36 heavy (non-hydrogen) atoms. The Bertz CT molecular complexity index is 1160. The van der Waals surface area contributed by atoms with Crippen molar-refractivity contribution in [2.75, 3.05) is 32.7 Å². The summed E-state index contributed by atoms with van der Waals surface area (Å²) in [6.45, 7) is 7.14. The molecule has 2 saturated heterocycles. The van der Waals surface area contributed by atoms with E-state index in [-0.39, 0.29) is 24.2 Å². The second-order valence-electron chi connectivity index (χ2n) is 10.2. The molecule has 2 fully saturated rings. The summed E-state index contributed by atoms with van der Waals surface area (Å²) in [7, 11) is 0. The van der Waals surface area contributed by atoms with Crippen molar-refractivity contribution in [2.45, 2.75) is 45.1 Å². The third kappa shape index (κ3) is 5.93. The van der Waals surface area contributed by atoms with Gasteiger partial charge in [-0.15, -0.1) is 12.4 Å². The number of nitrogens with one attached hydrogen (secondary N) is 2. The second-order valence-corrected chi connectivity index (χ2v) is 10.2. The molecule has 3 heterocycles. The average Bonchev–Trinajstić information content (AvgIpc) is 3.28. The van der Waals surface area contributed by atoms with Crippen LogP contribution in [0.5, 0.6) is 0 Å². The van der Waals surface area contributed by atoms with Gasteiger partial charge in [-0.3, -0.25) is 9.59 Å². The van der Waals surface area contributed by atoms with E-state index in [1.807, 2.05) is 66.6 Å². The number of aryl methyl sites for hydroxylation is 1. The van der Waals surface area contributed by atoms with Gasteiger partial charge in [0.2, 0.25) is 5.91 Å². The Labute approximate surface area is 219 Å². The monoisotopic (exact) mass is 508 g/mol. The van der Waals surface area contributed by atoms with Gasteiger partial charge in [0.15, 0.2) is 0 Å². The first-order valence-electron chi connectivity index (χ1n) is 13.0. The molecule has 0 radical (unpaired) electrons. The smallest absolute Gasteiger partial charge is 0.252 e. The Morgan fingerprint density at radius 2 is 1.72 bits per heavy atom. The Morgan fingerprint density at radius 3 is 2.44 bits per heavy atom. The highest BCUT2D eigenvalue weighted by Crippen LogP contribution is 2.25. The van der Waals surface area contributed by atoms with E-state index < -0.39 is 6.04 Å². The van der Waals surface area contributed by atoms with Crippen molar-refractivity contribution in [1.29, 1.82) is 0 Å². The van der Waals surface area contributed by atoms with Crippen molar-refractivity contribution in [2.24, 2.45) is 5.92 Å². The van der Waals surface area contributed by atoms with Crippen molar-refractivity contribution < 1.29 is 9.59 Å². The molecule has 1 aromatic heterocycles. The zero-order valence-corrected chi connectivity index (χ0v) is 21.9. The number of hydrogen-bond donors (Lipinski definition) is 2. The summed E-state index contributed by atoms with van der Waals surface area (Å²) in [6.07, 6.45) is 7.98. The lowest BCUT2D eigenvalue weighted by atomic mass is 9.94. The van der Waals surface area contributed by atoms with Gasteiger partial charge in [-0.2, -0.15) is 0 Å². The number of carbonyl (C=O) groups is 2. The van der Waals surface area contributed by atoms with E-state index in [4.69, 9.17) is 0 Å². The number of likely N-dealkylation sites (tertiary alicyclic amines) is 2. The molecule has 0 unspecified atom stereocenters. The van der Waals surface area contributed by atoms with Gasteiger partial charge in [-0.1, -0.05) is 42.8 Å². The molecule has 0 bridgehead atoms. The number of piperidine rings is 2. The lowest BCUT2D eigenvalue weighted by molar-refractivity contribution is -0.135. The fourth-order valence-electron chi connectivity index (χ4n) is 5.59. The van der Waals surface area contributed by atoms with Crippen LogP contribution in [0.15, 0.2) is 54.7 Å². The van der Waals surface area contributed by atoms with Crippen LogP contribution in [-0.4, -0.2) is 59.3 Å². The van der Waals surface area contributed by atoms with Crippen LogP contribution in [0, 0.1) is 12.8 Å². The first-order valence-corrected chi connectivity index (χ1v) is 13.0. The zero-order chi connectivity index (χ0) is 24.2. The maximum Gasteiger partial charge on any atom is 0.252 e. The van der Waals surface area contributed by atoms with E-state index in [2.05, 4.69) is 15.2 Å². The minimum Gasteiger partial charge on any atom is -0.361 e. The van der Waals surface area contributed by atoms with Gasteiger partial charge in [-0.05, 0) is 74.9 Å². The molecular formula is C29H37ClN4O2. The molecule has 0 spiro atoms. The molecule has 6 nitrogen and oxygen atoms in total. The van der Waals surface area contributed by atoms with Crippen LogP contribution >= 0.6 is 12.4 Å². The molecule has 2 aliphatic heterocycles. The fourth-order valence-corrected chi connectivity index (χ4v) is 5.59. The highest BCUT2D eigenvalue weighted by atomic mass is 35.5. The summed E-state index contributed by atoms with van der Waals surface area (Å²) < 4.78 is 0. The molecular weight excluding hydrogens is 472 g/mol. The number of hydrogen-bond acceptors (Lipinski definition) is 3. The first-order chi connectivity index (χ1) is 17.1. The third-order valence-electron chi connectivity index (χ3n) is 7.70. The molecule has 0 saturated carbocycles. The number of nitrogens with zero attached hydrogens (tertiary/aromatic N) is 2. The van der Waals surface area contributed by atoms with Crippen LogP contribution < -0.4 is 5.32 Å². The maximum atomic E-state index is 13.7. The van der Waals surface area contributed by atoms with Gasteiger partial charge >= 0.3 is 0 Å². The normalized spacial score (nSPS) is 18.0. The van der Waals surface area contributed by atoms with Gasteiger partial charge in [-0.25, -0.2) is 0 Å². The highest BCUT2D eigenvalue weighted by Gasteiger charge is 2.31. The van der Waals surface area contributed by atoms with E-state index in [9.17, 15) is 9.59 Å². The number of aromatic nitrogens is 1. The van der Waals surface area contributed by atoms with Crippen molar-refractivity contribution in [3.8, 4) is 0 Å². The average molecular weight is 509 g/mol. The van der Waals surface area contributed by atoms with Gasteiger partial charge < -0.3 is 20.1 Å². The molecule has 3 aromatic rings. The van der Waals surface area contributed by atoms with Crippen LogP contribution in [0.4, 0.5) is 0 Å². The molecule has 2 aliphatic rings. The first kappa shape index (κ1) is 26.2. The van der Waals surface area contributed by atoms with Crippen LogP contribution in [0.2, 0.25) is 0 Å². The number of halogens is 1. The zero-order valence-electron chi connectivity index (χ0n) is 21.0. The van der Waals surface area contributed by atoms with Gasteiger partial charge in [0.1, 0.15) is 6.04 Å². The Balaban J connectivity index is 0.00000304. The lowest BCUT2D eigenvalue weighted by Gasteiger charge is -2.37. The van der Waals surface area contributed by atoms with E-state index >= 15 is 0 Å². The quantitative estimate of drug-likeness (QED) is 0.487. The van der Waals surface area contributed by atoms with Crippen LogP contribution in [0.25, 0.3) is 10.9 Å². The minimum atomic E-state index is -0.691. The standard InChI is InChI=1S/C29H36N4O2.ClH/c1-21-19-30-26-18-24(10-11-25(21)26)28(34)31-27(23-8-4-2-5-9-23)29(35)33-16-12-22(13-17-33)20-32-14-6-3-7-15-32;/h2,4-5,8-11,18-19,22,27,30H,3,6-7,12-17,20H2,1H3,(H,31,34);1H/t27-;/m1./s1. The number of carbonyl (C=O) groups excluding carboxylic acids is 2. The van der Waals surface area contributed by atoms with Crippen LogP contribution in [-0.2, 0) is 4.79 Å². The predicted molar refractivity (Wildman–Crippen MR) is 147 cm³/mol. The summed E-state index contributed by atoms with van der Waals surface area (Å²) >= 11 is 0. The molecule has 1 atom stereocenters. The SMILES string of the molecule is Cc1c[nH]c2cc(C(=O)N[C@@H](C(=O)N3CCC(CN4CCCCC4)CC3)c3ccccc3)ccc12.Cl. The van der Waals surface area contributed by atoms with E-state index in [0.29, 0.717) is 11.5 Å². The largest absolute Gasteiger partial charge is 0.361 e. The summed E-state index contributed by atoms with van der Waals surface area (Å²) in [6, 6.07) is 14.6. The summed E-state index contributed by atoms with van der Waals surface area (Å²) in [4.78, 5) is 34.7. The van der Waals surface area contributed by atoms with Gasteiger partial charge in [0, 0.05) is 42.3 Å².